The summed E-state index contributed by atoms with van der Waals surface area (Å²) >= 11 is 0. The number of carbonyl (C=O) groups is 2. The van der Waals surface area contributed by atoms with Crippen molar-refractivity contribution >= 4 is 11.9 Å². The predicted octanol–water partition coefficient (Wildman–Crippen LogP) is 1.30. The summed E-state index contributed by atoms with van der Waals surface area (Å²) in [6, 6.07) is -1.21. The van der Waals surface area contributed by atoms with Gasteiger partial charge in [0.1, 0.15) is 0 Å². The van der Waals surface area contributed by atoms with Crippen molar-refractivity contribution in [1.82, 2.24) is 5.32 Å². The molecule has 0 heterocycles. The highest BCUT2D eigenvalue weighted by molar-refractivity contribution is 5.83. The second kappa shape index (κ2) is 8.98. The lowest BCUT2D eigenvalue weighted by Crippen LogP contribution is -2.47. The van der Waals surface area contributed by atoms with E-state index in [2.05, 4.69) is 12.2 Å². The van der Waals surface area contributed by atoms with Gasteiger partial charge in [0.15, 0.2) is 6.04 Å². The molecule has 0 saturated heterocycles. The molecule has 2 atom stereocenters. The maximum atomic E-state index is 11.4. The van der Waals surface area contributed by atoms with Crippen molar-refractivity contribution in [3.05, 3.63) is 0 Å². The second-order valence-corrected chi connectivity index (χ2v) is 4.29. The monoisotopic (exact) mass is 245 g/mol. The van der Waals surface area contributed by atoms with Crippen LogP contribution in [0.4, 0.5) is 0 Å². The zero-order chi connectivity index (χ0) is 13.3. The highest BCUT2D eigenvalue weighted by Gasteiger charge is 2.24. The largest absolute Gasteiger partial charge is 0.480 e. The minimum absolute atomic E-state index is 0.310. The van der Waals surface area contributed by atoms with E-state index in [-0.39, 0.29) is 5.91 Å². The molecule has 0 aliphatic heterocycles. The highest BCUT2D eigenvalue weighted by atomic mass is 16.4. The van der Waals surface area contributed by atoms with E-state index in [4.69, 9.17) is 5.11 Å². The van der Waals surface area contributed by atoms with Crippen molar-refractivity contribution in [3.8, 4) is 0 Å². The number of aliphatic hydroxyl groups excluding tert-OH is 1. The first-order valence-electron chi connectivity index (χ1n) is 6.19. The zero-order valence-corrected chi connectivity index (χ0v) is 10.6. The Morgan fingerprint density at radius 3 is 2.24 bits per heavy atom. The summed E-state index contributed by atoms with van der Waals surface area (Å²) in [5, 5.41) is 20.3. The molecule has 0 bridgehead atoms. The minimum atomic E-state index is -1.21. The summed E-state index contributed by atoms with van der Waals surface area (Å²) in [5.41, 5.74) is 0. The Labute approximate surface area is 102 Å². The molecule has 0 radical (unpaired) electrons. The summed E-state index contributed by atoms with van der Waals surface area (Å²) in [5.74, 6) is -1.52. The number of nitrogens with one attached hydrogen (secondary N) is 1. The molecule has 0 spiro atoms. The molecule has 0 rings (SSSR count). The van der Waals surface area contributed by atoms with E-state index < -0.39 is 18.1 Å². The van der Waals surface area contributed by atoms with Gasteiger partial charge in [0.25, 0.3) is 0 Å². The van der Waals surface area contributed by atoms with Gasteiger partial charge in [-0.25, -0.2) is 4.79 Å². The number of unbranched alkanes of at least 4 members (excludes halogenated alkanes) is 4. The third kappa shape index (κ3) is 7.74. The van der Waals surface area contributed by atoms with Gasteiger partial charge in [0.05, 0.1) is 6.10 Å². The van der Waals surface area contributed by atoms with Crippen molar-refractivity contribution in [3.63, 3.8) is 0 Å². The number of aliphatic carboxylic acids is 1. The molecule has 0 unspecified atom stereocenters. The number of hydrogen-bond donors (Lipinski definition) is 3. The molecule has 5 heteroatoms. The van der Waals surface area contributed by atoms with Crippen LogP contribution in [0.3, 0.4) is 0 Å². The van der Waals surface area contributed by atoms with Crippen molar-refractivity contribution in [2.75, 3.05) is 0 Å². The van der Waals surface area contributed by atoms with Crippen LogP contribution in [-0.2, 0) is 9.59 Å². The highest BCUT2D eigenvalue weighted by Crippen LogP contribution is 2.05. The number of hydrogen-bond acceptors (Lipinski definition) is 3. The summed E-state index contributed by atoms with van der Waals surface area (Å²) < 4.78 is 0. The molecule has 17 heavy (non-hydrogen) atoms. The van der Waals surface area contributed by atoms with Gasteiger partial charge in [-0.05, 0) is 13.3 Å². The van der Waals surface area contributed by atoms with Gasteiger partial charge in [-0.3, -0.25) is 4.79 Å². The van der Waals surface area contributed by atoms with Crippen molar-refractivity contribution in [2.24, 2.45) is 0 Å². The number of aliphatic hydroxyl groups is 1. The third-order valence-corrected chi connectivity index (χ3v) is 2.57. The van der Waals surface area contributed by atoms with Crippen LogP contribution in [0.2, 0.25) is 0 Å². The lowest BCUT2D eigenvalue weighted by atomic mass is 10.1. The topological polar surface area (TPSA) is 86.6 Å². The maximum Gasteiger partial charge on any atom is 0.328 e. The average Bonchev–Trinajstić information content (AvgIpc) is 2.24. The number of carbonyl (C=O) groups excluding carboxylic acids is 1. The van der Waals surface area contributed by atoms with Crippen LogP contribution < -0.4 is 5.32 Å². The Hall–Kier alpha value is -1.10. The van der Waals surface area contributed by atoms with E-state index in [1.807, 2.05) is 0 Å². The van der Waals surface area contributed by atoms with Crippen LogP contribution in [0.5, 0.6) is 0 Å². The van der Waals surface area contributed by atoms with Gasteiger partial charge in [-0.15, -0.1) is 0 Å². The fourth-order valence-corrected chi connectivity index (χ4v) is 1.52. The quantitative estimate of drug-likeness (QED) is 0.534. The summed E-state index contributed by atoms with van der Waals surface area (Å²) in [6.07, 6.45) is 4.38. The Balaban J connectivity index is 3.80. The lowest BCUT2D eigenvalue weighted by Gasteiger charge is -2.16. The normalized spacial score (nSPS) is 14.1. The fraction of sp³-hybridized carbons (Fsp3) is 0.833. The standard InChI is InChI=1S/C12H23NO4/c1-3-4-5-6-7-8-10(15)13-11(9(2)14)12(16)17/h9,11,14H,3-8H2,1-2H3,(H,13,15)(H,16,17)/t9-,11+/m1/s1. The average molecular weight is 245 g/mol. The first-order valence-corrected chi connectivity index (χ1v) is 6.19. The molecule has 0 aromatic rings. The minimum Gasteiger partial charge on any atom is -0.480 e. The molecular formula is C12H23NO4. The van der Waals surface area contributed by atoms with Crippen molar-refractivity contribution in [1.29, 1.82) is 0 Å². The van der Waals surface area contributed by atoms with Crippen LogP contribution in [-0.4, -0.2) is 34.2 Å². The van der Waals surface area contributed by atoms with Gasteiger partial charge in [0, 0.05) is 6.42 Å². The molecule has 100 valence electrons. The number of carboxylic acids is 1. The molecule has 0 aliphatic rings. The summed E-state index contributed by atoms with van der Waals surface area (Å²) in [7, 11) is 0. The van der Waals surface area contributed by atoms with E-state index in [1.165, 1.54) is 6.92 Å². The van der Waals surface area contributed by atoms with Gasteiger partial charge < -0.3 is 15.5 Å². The van der Waals surface area contributed by atoms with Crippen LogP contribution >= 0.6 is 0 Å². The molecule has 0 aliphatic carbocycles. The SMILES string of the molecule is CCCCCCCC(=O)N[C@H](C(=O)O)[C@@H](C)O. The molecule has 0 saturated carbocycles. The van der Waals surface area contributed by atoms with Crippen molar-refractivity contribution in [2.45, 2.75) is 64.5 Å². The summed E-state index contributed by atoms with van der Waals surface area (Å²) in [4.78, 5) is 22.1. The van der Waals surface area contributed by atoms with Crippen molar-refractivity contribution < 1.29 is 19.8 Å². The maximum absolute atomic E-state index is 11.4. The van der Waals surface area contributed by atoms with Crippen LogP contribution in [0.1, 0.15) is 52.4 Å². The first kappa shape index (κ1) is 15.9. The van der Waals surface area contributed by atoms with Gasteiger partial charge >= 0.3 is 5.97 Å². The van der Waals surface area contributed by atoms with E-state index >= 15 is 0 Å². The van der Waals surface area contributed by atoms with Crippen LogP contribution in [0.15, 0.2) is 0 Å². The molecule has 5 nitrogen and oxygen atoms in total. The van der Waals surface area contributed by atoms with E-state index in [1.54, 1.807) is 0 Å². The van der Waals surface area contributed by atoms with E-state index in [9.17, 15) is 14.7 Å². The third-order valence-electron chi connectivity index (χ3n) is 2.57. The second-order valence-electron chi connectivity index (χ2n) is 4.29. The van der Waals surface area contributed by atoms with Crippen LogP contribution in [0, 0.1) is 0 Å². The fourth-order valence-electron chi connectivity index (χ4n) is 1.52. The molecule has 3 N–H and O–H groups in total. The van der Waals surface area contributed by atoms with E-state index in [0.29, 0.717) is 6.42 Å². The molecule has 1 amide bonds. The molecular weight excluding hydrogens is 222 g/mol. The Morgan fingerprint density at radius 1 is 1.18 bits per heavy atom. The Bertz CT molecular complexity index is 241. The predicted molar refractivity (Wildman–Crippen MR) is 64.6 cm³/mol. The smallest absolute Gasteiger partial charge is 0.328 e. The van der Waals surface area contributed by atoms with Gasteiger partial charge in [-0.2, -0.15) is 0 Å². The van der Waals surface area contributed by atoms with Crippen LogP contribution in [0.25, 0.3) is 0 Å². The molecule has 0 fully saturated rings. The summed E-state index contributed by atoms with van der Waals surface area (Å²) in [6.45, 7) is 3.47. The van der Waals surface area contributed by atoms with E-state index in [0.717, 1.165) is 32.1 Å². The first-order chi connectivity index (χ1) is 7.99. The lowest BCUT2D eigenvalue weighted by molar-refractivity contribution is -0.144. The molecule has 0 aromatic carbocycles. The Morgan fingerprint density at radius 2 is 1.76 bits per heavy atom. The Kier molecular flexibility index (Phi) is 8.40. The molecule has 0 aromatic heterocycles. The number of amides is 1. The van der Waals surface area contributed by atoms with Gasteiger partial charge in [0.2, 0.25) is 5.91 Å². The zero-order valence-electron chi connectivity index (χ0n) is 10.6. The number of rotatable bonds is 9. The van der Waals surface area contributed by atoms with Gasteiger partial charge in [-0.1, -0.05) is 32.6 Å². The number of carboxylic acid groups (broad SMARTS) is 1.